The highest BCUT2D eigenvalue weighted by atomic mass is 35.5. The minimum absolute atomic E-state index is 0.160. The molecule has 1 atom stereocenters. The Morgan fingerprint density at radius 1 is 1.18 bits per heavy atom. The Hall–Kier alpha value is -2.86. The first-order valence-electron chi connectivity index (χ1n) is 9.12. The van der Waals surface area contributed by atoms with Crippen LogP contribution < -0.4 is 5.32 Å². The number of halogens is 1. The summed E-state index contributed by atoms with van der Waals surface area (Å²) in [5.74, 6) is -0.474. The van der Waals surface area contributed by atoms with E-state index >= 15 is 0 Å². The van der Waals surface area contributed by atoms with E-state index in [9.17, 15) is 14.4 Å². The third-order valence-corrected chi connectivity index (χ3v) is 5.57. The Bertz CT molecular complexity index is 960. The van der Waals surface area contributed by atoms with Gasteiger partial charge in [-0.05, 0) is 37.1 Å². The molecular weight excluding hydrogens is 378 g/mol. The summed E-state index contributed by atoms with van der Waals surface area (Å²) in [4.78, 5) is 41.1. The number of benzene rings is 2. The van der Waals surface area contributed by atoms with Gasteiger partial charge in [-0.15, -0.1) is 0 Å². The normalized spacial score (nSPS) is 21.5. The maximum atomic E-state index is 13.1. The number of urea groups is 1. The first kappa shape index (κ1) is 18.5. The number of amides is 4. The van der Waals surface area contributed by atoms with Crippen LogP contribution in [-0.4, -0.2) is 46.3 Å². The van der Waals surface area contributed by atoms with Crippen LogP contribution in [0.15, 0.2) is 48.5 Å². The van der Waals surface area contributed by atoms with E-state index in [1.807, 2.05) is 31.2 Å². The molecule has 28 heavy (non-hydrogen) atoms. The average molecular weight is 398 g/mol. The minimum atomic E-state index is -1.05. The van der Waals surface area contributed by atoms with Crippen molar-refractivity contribution in [2.24, 2.45) is 0 Å². The van der Waals surface area contributed by atoms with Gasteiger partial charge >= 0.3 is 6.03 Å². The summed E-state index contributed by atoms with van der Waals surface area (Å²) >= 11 is 5.98. The SMILES string of the molecule is Cc1ccc(CN2C(=O)N[C@]3(CCN(C(=O)c4cccc(Cl)c4)C3)C2=O)cc1. The number of imide groups is 1. The lowest BCUT2D eigenvalue weighted by atomic mass is 9.99. The third kappa shape index (κ3) is 3.24. The largest absolute Gasteiger partial charge is 0.336 e. The summed E-state index contributed by atoms with van der Waals surface area (Å²) in [6, 6.07) is 14.0. The molecule has 0 saturated carbocycles. The van der Waals surface area contributed by atoms with Crippen LogP contribution in [0.3, 0.4) is 0 Å². The zero-order chi connectivity index (χ0) is 19.9. The van der Waals surface area contributed by atoms with Gasteiger partial charge in [0.25, 0.3) is 11.8 Å². The molecule has 2 heterocycles. The van der Waals surface area contributed by atoms with Gasteiger partial charge in [0.2, 0.25) is 0 Å². The Labute approximate surface area is 168 Å². The summed E-state index contributed by atoms with van der Waals surface area (Å²) in [7, 11) is 0. The van der Waals surface area contributed by atoms with Crippen molar-refractivity contribution >= 4 is 29.4 Å². The van der Waals surface area contributed by atoms with E-state index in [1.54, 1.807) is 29.2 Å². The van der Waals surface area contributed by atoms with Gasteiger partial charge < -0.3 is 10.2 Å². The molecule has 1 N–H and O–H groups in total. The molecule has 2 saturated heterocycles. The first-order chi connectivity index (χ1) is 13.4. The number of hydrogen-bond donors (Lipinski definition) is 1. The Morgan fingerprint density at radius 3 is 2.64 bits per heavy atom. The monoisotopic (exact) mass is 397 g/mol. The van der Waals surface area contributed by atoms with E-state index in [0.717, 1.165) is 11.1 Å². The van der Waals surface area contributed by atoms with Crippen LogP contribution in [0.5, 0.6) is 0 Å². The summed E-state index contributed by atoms with van der Waals surface area (Å²) in [5.41, 5.74) is 1.42. The van der Waals surface area contributed by atoms with E-state index < -0.39 is 11.6 Å². The van der Waals surface area contributed by atoms with Crippen molar-refractivity contribution in [2.45, 2.75) is 25.4 Å². The number of nitrogens with zero attached hydrogens (tertiary/aromatic N) is 2. The van der Waals surface area contributed by atoms with E-state index in [2.05, 4.69) is 5.32 Å². The number of rotatable bonds is 3. The average Bonchev–Trinajstić information content (AvgIpc) is 3.20. The van der Waals surface area contributed by atoms with Crippen LogP contribution in [-0.2, 0) is 11.3 Å². The summed E-state index contributed by atoms with van der Waals surface area (Å²) in [5, 5.41) is 3.31. The molecule has 0 unspecified atom stereocenters. The topological polar surface area (TPSA) is 69.7 Å². The van der Waals surface area contributed by atoms with E-state index in [-0.39, 0.29) is 24.9 Å². The van der Waals surface area contributed by atoms with Crippen molar-refractivity contribution in [2.75, 3.05) is 13.1 Å². The minimum Gasteiger partial charge on any atom is -0.336 e. The second-order valence-electron chi connectivity index (χ2n) is 7.38. The second kappa shape index (κ2) is 6.95. The smallest absolute Gasteiger partial charge is 0.325 e. The molecule has 0 bridgehead atoms. The Morgan fingerprint density at radius 2 is 1.93 bits per heavy atom. The van der Waals surface area contributed by atoms with Gasteiger partial charge in [0, 0.05) is 17.1 Å². The van der Waals surface area contributed by atoms with Gasteiger partial charge in [0.05, 0.1) is 13.1 Å². The van der Waals surface area contributed by atoms with Gasteiger partial charge in [-0.2, -0.15) is 0 Å². The quantitative estimate of drug-likeness (QED) is 0.809. The van der Waals surface area contributed by atoms with Crippen molar-refractivity contribution < 1.29 is 14.4 Å². The second-order valence-corrected chi connectivity index (χ2v) is 7.81. The molecule has 7 heteroatoms. The van der Waals surface area contributed by atoms with Crippen molar-refractivity contribution in [1.82, 2.24) is 15.1 Å². The van der Waals surface area contributed by atoms with Crippen LogP contribution >= 0.6 is 11.6 Å². The molecule has 4 amide bonds. The molecule has 4 rings (SSSR count). The van der Waals surface area contributed by atoms with Crippen molar-refractivity contribution in [3.8, 4) is 0 Å². The number of likely N-dealkylation sites (tertiary alicyclic amines) is 1. The fraction of sp³-hybridized carbons (Fsp3) is 0.286. The number of aryl methyl sites for hydroxylation is 1. The van der Waals surface area contributed by atoms with Crippen LogP contribution in [0.2, 0.25) is 5.02 Å². The maximum Gasteiger partial charge on any atom is 0.325 e. The summed E-state index contributed by atoms with van der Waals surface area (Å²) in [6.07, 6.45) is 0.397. The van der Waals surface area contributed by atoms with Crippen LogP contribution in [0.25, 0.3) is 0 Å². The van der Waals surface area contributed by atoms with E-state index in [4.69, 9.17) is 11.6 Å². The van der Waals surface area contributed by atoms with Crippen molar-refractivity contribution in [1.29, 1.82) is 0 Å². The standard InChI is InChI=1S/C21H20ClN3O3/c1-14-5-7-15(8-6-14)12-25-19(27)21(23-20(25)28)9-10-24(13-21)18(26)16-3-2-4-17(22)11-16/h2-8,11H,9-10,12-13H2,1H3,(H,23,28)/t21-/m0/s1. The van der Waals surface area contributed by atoms with Gasteiger partial charge in [-0.3, -0.25) is 14.5 Å². The Balaban J connectivity index is 1.50. The number of carbonyl (C=O) groups is 3. The first-order valence-corrected chi connectivity index (χ1v) is 9.50. The molecule has 1 spiro atoms. The molecule has 0 aromatic heterocycles. The van der Waals surface area contributed by atoms with Gasteiger partial charge in [0.15, 0.2) is 0 Å². The Kier molecular flexibility index (Phi) is 4.59. The highest BCUT2D eigenvalue weighted by Crippen LogP contribution is 2.30. The number of hydrogen-bond acceptors (Lipinski definition) is 3. The molecule has 2 aromatic carbocycles. The summed E-state index contributed by atoms with van der Waals surface area (Å²) < 4.78 is 0. The zero-order valence-corrected chi connectivity index (χ0v) is 16.2. The number of carbonyl (C=O) groups excluding carboxylic acids is 3. The van der Waals surface area contributed by atoms with Crippen molar-refractivity contribution in [3.05, 3.63) is 70.2 Å². The molecule has 0 radical (unpaired) electrons. The molecule has 2 aromatic rings. The highest BCUT2D eigenvalue weighted by Gasteiger charge is 2.55. The molecule has 6 nitrogen and oxygen atoms in total. The third-order valence-electron chi connectivity index (χ3n) is 5.34. The lowest BCUT2D eigenvalue weighted by molar-refractivity contribution is -0.131. The van der Waals surface area contributed by atoms with Crippen LogP contribution in [0.1, 0.15) is 27.9 Å². The van der Waals surface area contributed by atoms with Crippen LogP contribution in [0.4, 0.5) is 4.79 Å². The molecule has 2 aliphatic heterocycles. The molecule has 2 fully saturated rings. The zero-order valence-electron chi connectivity index (χ0n) is 15.4. The predicted molar refractivity (Wildman–Crippen MR) is 105 cm³/mol. The van der Waals surface area contributed by atoms with Gasteiger partial charge in [0.1, 0.15) is 5.54 Å². The van der Waals surface area contributed by atoms with Crippen LogP contribution in [0, 0.1) is 6.92 Å². The van der Waals surface area contributed by atoms with Gasteiger partial charge in [-0.1, -0.05) is 47.5 Å². The number of nitrogens with one attached hydrogen (secondary N) is 1. The van der Waals surface area contributed by atoms with Gasteiger partial charge in [-0.25, -0.2) is 4.79 Å². The lowest BCUT2D eigenvalue weighted by Crippen LogP contribution is -2.49. The molecule has 0 aliphatic carbocycles. The lowest BCUT2D eigenvalue weighted by Gasteiger charge is -2.22. The predicted octanol–water partition coefficient (Wildman–Crippen LogP) is 2.99. The summed E-state index contributed by atoms with van der Waals surface area (Å²) in [6.45, 7) is 2.76. The maximum absolute atomic E-state index is 13.1. The van der Waals surface area contributed by atoms with E-state index in [1.165, 1.54) is 4.90 Å². The van der Waals surface area contributed by atoms with E-state index in [0.29, 0.717) is 23.6 Å². The van der Waals surface area contributed by atoms with Crippen molar-refractivity contribution in [3.63, 3.8) is 0 Å². The molecular formula is C21H20ClN3O3. The fourth-order valence-corrected chi connectivity index (χ4v) is 3.95. The highest BCUT2D eigenvalue weighted by molar-refractivity contribution is 6.31. The molecule has 144 valence electrons. The molecule has 2 aliphatic rings. The fourth-order valence-electron chi connectivity index (χ4n) is 3.76.